The van der Waals surface area contributed by atoms with Crippen LogP contribution in [0.2, 0.25) is 0 Å². The molecule has 0 radical (unpaired) electrons. The fourth-order valence-electron chi connectivity index (χ4n) is 2.83. The van der Waals surface area contributed by atoms with E-state index in [0.29, 0.717) is 48.9 Å². The Balaban J connectivity index is 1.79. The van der Waals surface area contributed by atoms with Gasteiger partial charge >= 0.3 is 5.69 Å². The van der Waals surface area contributed by atoms with E-state index in [-0.39, 0.29) is 11.6 Å². The van der Waals surface area contributed by atoms with Gasteiger partial charge in [0.2, 0.25) is 0 Å². The molecule has 3 rings (SSSR count). The maximum absolute atomic E-state index is 12.5. The second-order valence-electron chi connectivity index (χ2n) is 5.71. The Bertz CT molecular complexity index is 723. The van der Waals surface area contributed by atoms with Crippen molar-refractivity contribution in [2.45, 2.75) is 31.8 Å². The first-order valence-corrected chi connectivity index (χ1v) is 7.24. The summed E-state index contributed by atoms with van der Waals surface area (Å²) in [6.45, 7) is 3.09. The fourth-order valence-corrected chi connectivity index (χ4v) is 2.83. The maximum atomic E-state index is 12.5. The Kier molecular flexibility index (Phi) is 3.33. The summed E-state index contributed by atoms with van der Waals surface area (Å²) in [4.78, 5) is 30.8. The number of hydrogen-bond donors (Lipinski definition) is 3. The zero-order valence-corrected chi connectivity index (χ0v) is 12.0. The van der Waals surface area contributed by atoms with Crippen LogP contribution in [-0.4, -0.2) is 44.6 Å². The highest BCUT2D eigenvalue weighted by Gasteiger charge is 2.32. The highest BCUT2D eigenvalue weighted by molar-refractivity contribution is 5.97. The number of aliphatic hydroxyl groups is 1. The summed E-state index contributed by atoms with van der Waals surface area (Å²) in [5.41, 5.74) is 0.968. The van der Waals surface area contributed by atoms with Crippen LogP contribution in [0.15, 0.2) is 23.0 Å². The molecule has 2 aromatic rings. The number of imidazole rings is 1. The van der Waals surface area contributed by atoms with Crippen molar-refractivity contribution in [1.82, 2.24) is 14.9 Å². The number of aromatic amines is 2. The molecule has 1 saturated heterocycles. The van der Waals surface area contributed by atoms with Gasteiger partial charge in [-0.15, -0.1) is 0 Å². The number of nitrogens with zero attached hydrogens (tertiary/aromatic N) is 1. The summed E-state index contributed by atoms with van der Waals surface area (Å²) in [6, 6.07) is 5.14. The second kappa shape index (κ2) is 5.04. The molecule has 112 valence electrons. The molecule has 0 aliphatic carbocycles. The quantitative estimate of drug-likeness (QED) is 0.777. The van der Waals surface area contributed by atoms with Gasteiger partial charge in [-0.2, -0.15) is 0 Å². The average molecular weight is 289 g/mol. The lowest BCUT2D eigenvalue weighted by Crippen LogP contribution is -2.46. The van der Waals surface area contributed by atoms with Gasteiger partial charge in [0.05, 0.1) is 16.6 Å². The summed E-state index contributed by atoms with van der Waals surface area (Å²) in [5.74, 6) is -0.0582. The number of carbonyl (C=O) groups excluding carboxylic acids is 1. The van der Waals surface area contributed by atoms with Crippen LogP contribution in [0.5, 0.6) is 0 Å². The Morgan fingerprint density at radius 2 is 1.95 bits per heavy atom. The molecule has 0 saturated carbocycles. The van der Waals surface area contributed by atoms with Gasteiger partial charge in [0.25, 0.3) is 5.91 Å². The van der Waals surface area contributed by atoms with Gasteiger partial charge in [0.15, 0.2) is 0 Å². The first-order chi connectivity index (χ1) is 10.0. The standard InChI is InChI=1S/C15H19N3O3/c1-2-15(21)5-7-18(8-6-15)13(19)10-3-4-11-12(9-10)17-14(20)16-11/h3-4,9,21H,2,5-8H2,1H3,(H2,16,17,20). The van der Waals surface area contributed by atoms with Crippen molar-refractivity contribution in [3.8, 4) is 0 Å². The molecular formula is C15H19N3O3. The first kappa shape index (κ1) is 13.9. The lowest BCUT2D eigenvalue weighted by molar-refractivity contribution is -0.0193. The number of hydrogen-bond acceptors (Lipinski definition) is 3. The Hall–Kier alpha value is -2.08. The molecular weight excluding hydrogens is 270 g/mol. The van der Waals surface area contributed by atoms with E-state index in [1.54, 1.807) is 23.1 Å². The van der Waals surface area contributed by atoms with Crippen LogP contribution in [0, 0.1) is 0 Å². The second-order valence-corrected chi connectivity index (χ2v) is 5.71. The largest absolute Gasteiger partial charge is 0.390 e. The van der Waals surface area contributed by atoms with Crippen molar-refractivity contribution < 1.29 is 9.90 Å². The minimum Gasteiger partial charge on any atom is -0.390 e. The van der Waals surface area contributed by atoms with Crippen molar-refractivity contribution in [2.24, 2.45) is 0 Å². The van der Waals surface area contributed by atoms with Gasteiger partial charge in [0, 0.05) is 18.7 Å². The third kappa shape index (κ3) is 2.58. The van der Waals surface area contributed by atoms with Crippen molar-refractivity contribution in [3.05, 3.63) is 34.2 Å². The third-order valence-electron chi connectivity index (χ3n) is 4.40. The normalized spacial score (nSPS) is 18.1. The molecule has 0 bridgehead atoms. The highest BCUT2D eigenvalue weighted by Crippen LogP contribution is 2.26. The molecule has 1 aliphatic rings. The SMILES string of the molecule is CCC1(O)CCN(C(=O)c2ccc3[nH]c(=O)[nH]c3c2)CC1. The van der Waals surface area contributed by atoms with Gasteiger partial charge in [-0.1, -0.05) is 6.92 Å². The van der Waals surface area contributed by atoms with E-state index in [1.165, 1.54) is 0 Å². The number of rotatable bonds is 2. The number of carbonyl (C=O) groups is 1. The van der Waals surface area contributed by atoms with E-state index in [1.807, 2.05) is 6.92 Å². The van der Waals surface area contributed by atoms with E-state index in [0.717, 1.165) is 0 Å². The van der Waals surface area contributed by atoms with Crippen LogP contribution in [0.25, 0.3) is 11.0 Å². The Morgan fingerprint density at radius 1 is 1.29 bits per heavy atom. The zero-order valence-electron chi connectivity index (χ0n) is 12.0. The summed E-state index contributed by atoms with van der Waals surface area (Å²) >= 11 is 0. The molecule has 21 heavy (non-hydrogen) atoms. The predicted molar refractivity (Wildman–Crippen MR) is 79.3 cm³/mol. The molecule has 6 heteroatoms. The van der Waals surface area contributed by atoms with Crippen LogP contribution in [-0.2, 0) is 0 Å². The third-order valence-corrected chi connectivity index (χ3v) is 4.40. The minimum absolute atomic E-state index is 0.0582. The van der Waals surface area contributed by atoms with Crippen molar-refractivity contribution >= 4 is 16.9 Å². The summed E-state index contributed by atoms with van der Waals surface area (Å²) in [5, 5.41) is 10.2. The van der Waals surface area contributed by atoms with Crippen molar-refractivity contribution in [2.75, 3.05) is 13.1 Å². The number of nitrogens with one attached hydrogen (secondary N) is 2. The lowest BCUT2D eigenvalue weighted by atomic mass is 9.89. The molecule has 0 spiro atoms. The lowest BCUT2D eigenvalue weighted by Gasteiger charge is -2.37. The van der Waals surface area contributed by atoms with Crippen molar-refractivity contribution in [1.29, 1.82) is 0 Å². The zero-order chi connectivity index (χ0) is 15.0. The number of likely N-dealkylation sites (tertiary alicyclic amines) is 1. The summed E-state index contributed by atoms with van der Waals surface area (Å²) in [7, 11) is 0. The highest BCUT2D eigenvalue weighted by atomic mass is 16.3. The van der Waals surface area contributed by atoms with Crippen LogP contribution in [0.4, 0.5) is 0 Å². The molecule has 6 nitrogen and oxygen atoms in total. The van der Waals surface area contributed by atoms with Crippen LogP contribution in [0.3, 0.4) is 0 Å². The van der Waals surface area contributed by atoms with Gasteiger partial charge in [0.1, 0.15) is 0 Å². The number of amides is 1. The topological polar surface area (TPSA) is 89.2 Å². The van der Waals surface area contributed by atoms with Crippen LogP contribution < -0.4 is 5.69 Å². The van der Waals surface area contributed by atoms with Crippen LogP contribution >= 0.6 is 0 Å². The van der Waals surface area contributed by atoms with Gasteiger partial charge in [-0.25, -0.2) is 4.79 Å². The fraction of sp³-hybridized carbons (Fsp3) is 0.467. The number of H-pyrrole nitrogens is 2. The molecule has 2 heterocycles. The van der Waals surface area contributed by atoms with E-state index < -0.39 is 5.60 Å². The maximum Gasteiger partial charge on any atom is 0.323 e. The molecule has 1 fully saturated rings. The predicted octanol–water partition coefficient (Wildman–Crippen LogP) is 1.23. The number of fused-ring (bicyclic) bond motifs is 1. The molecule has 0 unspecified atom stereocenters. The molecule has 1 aromatic heterocycles. The molecule has 1 aliphatic heterocycles. The van der Waals surface area contributed by atoms with Gasteiger partial charge in [-0.3, -0.25) is 4.79 Å². The number of benzene rings is 1. The van der Waals surface area contributed by atoms with Crippen molar-refractivity contribution in [3.63, 3.8) is 0 Å². The molecule has 1 aromatic carbocycles. The van der Waals surface area contributed by atoms with E-state index >= 15 is 0 Å². The minimum atomic E-state index is -0.632. The Morgan fingerprint density at radius 3 is 2.62 bits per heavy atom. The first-order valence-electron chi connectivity index (χ1n) is 7.24. The molecule has 1 amide bonds. The number of aromatic nitrogens is 2. The molecule has 0 atom stereocenters. The van der Waals surface area contributed by atoms with E-state index in [4.69, 9.17) is 0 Å². The monoisotopic (exact) mass is 289 g/mol. The van der Waals surface area contributed by atoms with E-state index in [2.05, 4.69) is 9.97 Å². The van der Waals surface area contributed by atoms with Gasteiger partial charge in [-0.05, 0) is 37.5 Å². The molecule has 3 N–H and O–H groups in total. The Labute approximate surface area is 121 Å². The number of piperidine rings is 1. The van der Waals surface area contributed by atoms with Gasteiger partial charge < -0.3 is 20.0 Å². The van der Waals surface area contributed by atoms with E-state index in [9.17, 15) is 14.7 Å². The summed E-state index contributed by atoms with van der Waals surface area (Å²) in [6.07, 6.45) is 1.93. The smallest absolute Gasteiger partial charge is 0.323 e. The summed E-state index contributed by atoms with van der Waals surface area (Å²) < 4.78 is 0. The average Bonchev–Trinajstić information content (AvgIpc) is 2.86. The van der Waals surface area contributed by atoms with Crippen LogP contribution in [0.1, 0.15) is 36.5 Å².